The molecule has 2 fully saturated rings. The molecule has 4 aliphatic rings. The summed E-state index contributed by atoms with van der Waals surface area (Å²) in [6, 6.07) is 25.7. The Hall–Kier alpha value is -4.20. The van der Waals surface area contributed by atoms with Crippen molar-refractivity contribution in [3.63, 3.8) is 0 Å². The number of benzene rings is 4. The number of halogens is 4. The third-order valence-electron chi connectivity index (χ3n) is 11.2. The summed E-state index contributed by atoms with van der Waals surface area (Å²) in [6.07, 6.45) is 4.65. The van der Waals surface area contributed by atoms with Gasteiger partial charge in [-0.2, -0.15) is 0 Å². The first-order valence-electron chi connectivity index (χ1n) is 17.0. The Labute approximate surface area is 322 Å². The van der Waals surface area contributed by atoms with Gasteiger partial charge in [0.05, 0.1) is 10.8 Å². The molecule has 52 heavy (non-hydrogen) atoms. The highest BCUT2D eigenvalue weighted by Gasteiger charge is 2.60. The molecule has 0 aromatic heterocycles. The lowest BCUT2D eigenvalue weighted by atomic mass is 9.55. The molecule has 2 N–H and O–H groups in total. The number of anilines is 2. The van der Waals surface area contributed by atoms with Crippen LogP contribution < -0.4 is 10.6 Å². The van der Waals surface area contributed by atoms with E-state index in [2.05, 4.69) is 23.8 Å². The molecule has 2 spiro atoms. The van der Waals surface area contributed by atoms with Crippen LogP contribution in [-0.2, 0) is 30.0 Å². The van der Waals surface area contributed by atoms with Crippen molar-refractivity contribution >= 4 is 81.2 Å². The zero-order valence-electron chi connectivity index (χ0n) is 27.9. The number of hydrogen-bond acceptors (Lipinski definition) is 4. The lowest BCUT2D eigenvalue weighted by Gasteiger charge is -2.44. The summed E-state index contributed by atoms with van der Waals surface area (Å²) in [7, 11) is 0. The summed E-state index contributed by atoms with van der Waals surface area (Å²) in [5.74, 6) is -1.19. The summed E-state index contributed by atoms with van der Waals surface area (Å²) in [4.78, 5) is 51.6. The van der Waals surface area contributed by atoms with Gasteiger partial charge in [0, 0.05) is 80.8 Å². The number of hydrogen-bond donors (Lipinski definition) is 2. The zero-order valence-corrected chi connectivity index (χ0v) is 31.0. The second-order valence-corrected chi connectivity index (χ2v) is 15.6. The maximum Gasteiger partial charge on any atom is 0.236 e. The molecule has 2 amide bonds. The Kier molecular flexibility index (Phi) is 9.72. The molecule has 2 saturated carbocycles. The first kappa shape index (κ1) is 36.2. The van der Waals surface area contributed by atoms with Gasteiger partial charge in [-0.3, -0.25) is 19.2 Å². The van der Waals surface area contributed by atoms with Crippen molar-refractivity contribution in [1.29, 1.82) is 0 Å². The van der Waals surface area contributed by atoms with Crippen LogP contribution in [0.4, 0.5) is 11.4 Å². The lowest BCUT2D eigenvalue weighted by molar-refractivity contribution is -0.131. The van der Waals surface area contributed by atoms with Crippen molar-refractivity contribution in [1.82, 2.24) is 0 Å². The highest BCUT2D eigenvalue weighted by molar-refractivity contribution is 6.32. The van der Waals surface area contributed by atoms with Crippen LogP contribution in [0.1, 0.15) is 59.8 Å². The van der Waals surface area contributed by atoms with E-state index in [1.54, 1.807) is 48.6 Å². The minimum atomic E-state index is -0.889. The fraction of sp³-hybridized carbons (Fsp3) is 0.238. The quantitative estimate of drug-likeness (QED) is 0.202. The summed E-state index contributed by atoms with van der Waals surface area (Å²) < 4.78 is 0. The van der Waals surface area contributed by atoms with E-state index in [-0.39, 0.29) is 47.1 Å². The fourth-order valence-corrected chi connectivity index (χ4v) is 9.85. The van der Waals surface area contributed by atoms with Crippen LogP contribution in [0.25, 0.3) is 0 Å². The van der Waals surface area contributed by atoms with Gasteiger partial charge in [0.1, 0.15) is 11.6 Å². The summed E-state index contributed by atoms with van der Waals surface area (Å²) in [6.45, 7) is 7.85. The molecule has 4 aromatic carbocycles. The van der Waals surface area contributed by atoms with Gasteiger partial charge in [-0.05, 0) is 70.8 Å². The largest absolute Gasteiger partial charge is 0.325 e. The average molecular weight is 773 g/mol. The normalized spacial score (nSPS) is 27.3. The van der Waals surface area contributed by atoms with Gasteiger partial charge in [-0.15, -0.1) is 13.2 Å². The highest BCUT2D eigenvalue weighted by Crippen LogP contribution is 2.59. The van der Waals surface area contributed by atoms with Crippen molar-refractivity contribution in [2.24, 2.45) is 11.8 Å². The third kappa shape index (κ3) is 5.81. The summed E-state index contributed by atoms with van der Waals surface area (Å²) in [5.41, 5.74) is 3.14. The van der Waals surface area contributed by atoms with Gasteiger partial charge < -0.3 is 10.6 Å². The Morgan fingerprint density at radius 3 is 1.29 bits per heavy atom. The third-order valence-corrected chi connectivity index (χ3v) is 12.1. The van der Waals surface area contributed by atoms with E-state index in [1.165, 1.54) is 0 Å². The summed E-state index contributed by atoms with van der Waals surface area (Å²) in [5, 5.41) is 8.24. The molecule has 264 valence electrons. The van der Waals surface area contributed by atoms with Crippen LogP contribution in [0.5, 0.6) is 0 Å². The van der Waals surface area contributed by atoms with Crippen molar-refractivity contribution in [2.45, 2.75) is 48.3 Å². The second-order valence-electron chi connectivity index (χ2n) is 13.8. The van der Waals surface area contributed by atoms with Gasteiger partial charge in [-0.25, -0.2) is 0 Å². The second kappa shape index (κ2) is 14.0. The minimum absolute atomic E-state index is 0.114. The Bertz CT molecular complexity index is 2030. The van der Waals surface area contributed by atoms with E-state index in [0.717, 1.165) is 22.3 Å². The molecule has 8 rings (SSSR count). The van der Waals surface area contributed by atoms with Crippen LogP contribution in [0, 0.1) is 11.8 Å². The van der Waals surface area contributed by atoms with Crippen molar-refractivity contribution < 1.29 is 19.2 Å². The number of Topliss-reactive ketones (excluding diaryl/α,β-unsaturated/α-hetero) is 2. The smallest absolute Gasteiger partial charge is 0.236 e. The molecule has 0 saturated heterocycles. The number of nitrogens with one attached hydrogen (secondary N) is 2. The van der Waals surface area contributed by atoms with Crippen molar-refractivity contribution in [3.05, 3.63) is 153 Å². The van der Waals surface area contributed by atoms with E-state index >= 15 is 0 Å². The molecule has 0 radical (unpaired) electrons. The molecule has 0 bridgehead atoms. The molecule has 10 heteroatoms. The highest BCUT2D eigenvalue weighted by atomic mass is 35.5. The van der Waals surface area contributed by atoms with Crippen LogP contribution in [0.3, 0.4) is 0 Å². The minimum Gasteiger partial charge on any atom is -0.325 e. The monoisotopic (exact) mass is 770 g/mol. The predicted molar refractivity (Wildman–Crippen MR) is 208 cm³/mol. The van der Waals surface area contributed by atoms with E-state index < -0.39 is 10.8 Å². The lowest BCUT2D eigenvalue weighted by Crippen LogP contribution is -2.50. The van der Waals surface area contributed by atoms with E-state index in [0.29, 0.717) is 57.1 Å². The first-order valence-corrected chi connectivity index (χ1v) is 18.5. The molecule has 2 heterocycles. The van der Waals surface area contributed by atoms with E-state index in [1.807, 2.05) is 48.5 Å². The summed E-state index contributed by atoms with van der Waals surface area (Å²) >= 11 is 24.6. The first-order chi connectivity index (χ1) is 24.9. The van der Waals surface area contributed by atoms with Gasteiger partial charge in [0.2, 0.25) is 11.8 Å². The van der Waals surface area contributed by atoms with E-state index in [4.69, 9.17) is 46.4 Å². The van der Waals surface area contributed by atoms with Crippen molar-refractivity contribution in [2.75, 3.05) is 10.6 Å². The molecule has 6 atom stereocenters. The Morgan fingerprint density at radius 2 is 0.923 bits per heavy atom. The molecular weight excluding hydrogens is 738 g/mol. The van der Waals surface area contributed by atoms with Crippen LogP contribution >= 0.6 is 46.4 Å². The number of fused-ring (bicyclic) bond motifs is 4. The standard InChI is InChI=1S/2C21H17Cl2NO2/c2*1-2-13-9-16(25)11-18(12-4-3-5-14(22)8-12)21(13)17-7-6-15(23)10-19(17)24-20(21)26/h2*2-8,10,13,18H,1,9,11H2,(H,24,26)/t13-,18+,21+;13-,18-,21-/m10/s1. The SMILES string of the molecule is C=C[C@@H]1CC(=O)C[C@@H](c2cccc(Cl)c2)[C@]12C(=O)Nc1cc(Cl)ccc12.C=C[C@H]1CC(=O)C[C@@H](c2cccc(Cl)c2)[C@]12C(=O)Nc1cc(Cl)ccc12. The van der Waals surface area contributed by atoms with Gasteiger partial charge >= 0.3 is 0 Å². The molecular formula is C42H34Cl4N2O4. The number of carbonyl (C=O) groups excluding carboxylic acids is 4. The Balaban J connectivity index is 0.000000162. The van der Waals surface area contributed by atoms with Crippen molar-refractivity contribution in [3.8, 4) is 0 Å². The maximum absolute atomic E-state index is 13.3. The number of carbonyl (C=O) groups is 4. The van der Waals surface area contributed by atoms with E-state index in [9.17, 15) is 19.2 Å². The van der Waals surface area contributed by atoms with Crippen LogP contribution in [0.2, 0.25) is 20.1 Å². The fourth-order valence-electron chi connectivity index (χ4n) is 9.11. The number of rotatable bonds is 4. The van der Waals surface area contributed by atoms with Crippen LogP contribution in [0.15, 0.2) is 110 Å². The Morgan fingerprint density at radius 1 is 0.538 bits per heavy atom. The molecule has 6 nitrogen and oxygen atoms in total. The van der Waals surface area contributed by atoms with Gasteiger partial charge in [0.15, 0.2) is 0 Å². The predicted octanol–water partition coefficient (Wildman–Crippen LogP) is 10.3. The number of amides is 2. The maximum atomic E-state index is 13.3. The zero-order chi connectivity index (χ0) is 36.9. The topological polar surface area (TPSA) is 92.3 Å². The molecule has 2 aliphatic carbocycles. The van der Waals surface area contributed by atoms with Gasteiger partial charge in [0.25, 0.3) is 0 Å². The number of allylic oxidation sites excluding steroid dienone is 2. The molecule has 2 aliphatic heterocycles. The number of ketones is 2. The average Bonchev–Trinajstić information content (AvgIpc) is 3.55. The van der Waals surface area contributed by atoms with Gasteiger partial charge in [-0.1, -0.05) is 95.0 Å². The molecule has 4 aromatic rings. The van der Waals surface area contributed by atoms with Crippen LogP contribution in [-0.4, -0.2) is 23.4 Å². The molecule has 0 unspecified atom stereocenters.